The van der Waals surface area contributed by atoms with Crippen molar-refractivity contribution in [3.05, 3.63) is 23.6 Å². The van der Waals surface area contributed by atoms with Crippen molar-refractivity contribution in [3.8, 4) is 0 Å². The molecule has 0 aromatic carbocycles. The largest absolute Gasteiger partial charge is 0.462 e. The SMILES string of the molecule is CC(=O)Nc1c(/C=C(/OC(C)=O)[C@H](OC(C)=O)[C@H](OC(C)=O)[C@@H](COC(C)=O)OC(C)=O)ccnc1N(C(C)=O)C(=O)OC(C)(C)C. The Hall–Kier alpha value is -5.35. The molecule has 0 saturated heterocycles. The molecule has 1 aromatic rings. The molecule has 1 rings (SSSR count). The number of nitrogens with zero attached hydrogens (tertiary/aromatic N) is 2. The van der Waals surface area contributed by atoms with E-state index in [1.165, 1.54) is 6.07 Å². The summed E-state index contributed by atoms with van der Waals surface area (Å²) in [6, 6.07) is 1.28. The number of anilines is 2. The van der Waals surface area contributed by atoms with E-state index >= 15 is 0 Å². The first-order valence-electron chi connectivity index (χ1n) is 14.0. The second kappa shape index (κ2) is 17.4. The van der Waals surface area contributed by atoms with Gasteiger partial charge in [-0.3, -0.25) is 33.6 Å². The first-order chi connectivity index (χ1) is 21.6. The van der Waals surface area contributed by atoms with Crippen LogP contribution in [-0.2, 0) is 62.0 Å². The minimum atomic E-state index is -1.86. The second-order valence-corrected chi connectivity index (χ2v) is 10.8. The maximum Gasteiger partial charge on any atom is 0.423 e. The summed E-state index contributed by atoms with van der Waals surface area (Å²) < 4.78 is 31.7. The van der Waals surface area contributed by atoms with Crippen molar-refractivity contribution in [2.24, 2.45) is 0 Å². The van der Waals surface area contributed by atoms with E-state index < -0.39 is 89.9 Å². The van der Waals surface area contributed by atoms with Gasteiger partial charge in [-0.1, -0.05) is 0 Å². The summed E-state index contributed by atoms with van der Waals surface area (Å²) in [5, 5.41) is 2.47. The van der Waals surface area contributed by atoms with Crippen LogP contribution in [0.2, 0.25) is 0 Å². The Morgan fingerprint density at radius 3 is 1.85 bits per heavy atom. The summed E-state index contributed by atoms with van der Waals surface area (Å²) in [7, 11) is 0. The molecule has 17 heteroatoms. The van der Waals surface area contributed by atoms with Crippen molar-refractivity contribution in [2.75, 3.05) is 16.8 Å². The topological polar surface area (TPSA) is 220 Å². The standard InChI is InChI=1S/C30H39N3O14/c1-15(34)32-25-22(11-12-31-28(25)33(16(2)35)29(41)47-30(8,9)10)13-23(43-18(4)37)26(45-20(6)39)27(46-21(7)40)24(44-19(5)38)14-42-17(3)36/h11-13,24,26-27H,14H2,1-10H3,(H,32,34)/b23-13+/t24-,26+,27-/m1/s1. The first-order valence-corrected chi connectivity index (χ1v) is 14.0. The predicted octanol–water partition coefficient (Wildman–Crippen LogP) is 2.59. The van der Waals surface area contributed by atoms with E-state index in [9.17, 15) is 38.4 Å². The van der Waals surface area contributed by atoms with Gasteiger partial charge in [0.25, 0.3) is 0 Å². The van der Waals surface area contributed by atoms with E-state index in [2.05, 4.69) is 10.3 Å². The number of amides is 3. The number of hydrogen-bond donors (Lipinski definition) is 1. The van der Waals surface area contributed by atoms with Crippen LogP contribution in [0.15, 0.2) is 18.0 Å². The third-order valence-corrected chi connectivity index (χ3v) is 5.23. The van der Waals surface area contributed by atoms with Crippen LogP contribution in [0.1, 0.15) is 74.8 Å². The fourth-order valence-electron chi connectivity index (χ4n) is 3.82. The molecular formula is C30H39N3O14. The Labute approximate surface area is 270 Å². The molecule has 47 heavy (non-hydrogen) atoms. The molecule has 0 aliphatic rings. The average Bonchev–Trinajstić information content (AvgIpc) is 2.87. The number of ether oxygens (including phenoxy) is 6. The molecule has 0 fully saturated rings. The molecule has 0 unspecified atom stereocenters. The molecule has 0 aliphatic heterocycles. The molecule has 1 aromatic heterocycles. The van der Waals surface area contributed by atoms with Gasteiger partial charge in [0.2, 0.25) is 11.8 Å². The fourth-order valence-corrected chi connectivity index (χ4v) is 3.82. The number of carbonyl (C=O) groups is 8. The van der Waals surface area contributed by atoms with E-state index in [-0.39, 0.29) is 11.3 Å². The lowest BCUT2D eigenvalue weighted by atomic mass is 10.0. The molecule has 0 saturated carbocycles. The van der Waals surface area contributed by atoms with Crippen LogP contribution in [0, 0.1) is 0 Å². The van der Waals surface area contributed by atoms with Gasteiger partial charge in [0.05, 0.1) is 5.69 Å². The number of esters is 5. The quantitative estimate of drug-likeness (QED) is 0.193. The van der Waals surface area contributed by atoms with Gasteiger partial charge in [0.15, 0.2) is 29.9 Å². The molecule has 1 heterocycles. The zero-order chi connectivity index (χ0) is 36.2. The molecule has 0 spiro atoms. The van der Waals surface area contributed by atoms with Crippen molar-refractivity contribution < 1.29 is 66.8 Å². The zero-order valence-corrected chi connectivity index (χ0v) is 27.8. The maximum atomic E-state index is 13.1. The van der Waals surface area contributed by atoms with Crippen LogP contribution in [0.25, 0.3) is 6.08 Å². The summed E-state index contributed by atoms with van der Waals surface area (Å²) >= 11 is 0. The highest BCUT2D eigenvalue weighted by Crippen LogP contribution is 2.33. The van der Waals surface area contributed by atoms with E-state index in [0.717, 1.165) is 60.7 Å². The minimum absolute atomic E-state index is 0.0704. The van der Waals surface area contributed by atoms with Crippen LogP contribution in [-0.4, -0.2) is 83.3 Å². The second-order valence-electron chi connectivity index (χ2n) is 10.8. The van der Waals surface area contributed by atoms with E-state index in [4.69, 9.17) is 28.4 Å². The van der Waals surface area contributed by atoms with Crippen molar-refractivity contribution in [2.45, 2.75) is 93.2 Å². The Morgan fingerprint density at radius 2 is 1.40 bits per heavy atom. The molecule has 0 bridgehead atoms. The number of carbonyl (C=O) groups excluding carboxylic acids is 8. The van der Waals surface area contributed by atoms with Crippen LogP contribution in [0.3, 0.4) is 0 Å². The predicted molar refractivity (Wildman–Crippen MR) is 161 cm³/mol. The summed E-state index contributed by atoms with van der Waals surface area (Å²) in [6.07, 6.45) is -4.18. The molecule has 17 nitrogen and oxygen atoms in total. The average molecular weight is 666 g/mol. The summed E-state index contributed by atoms with van der Waals surface area (Å²) in [5.41, 5.74) is -1.36. The summed E-state index contributed by atoms with van der Waals surface area (Å²) in [4.78, 5) is 103. The molecule has 3 atom stereocenters. The molecule has 1 N–H and O–H groups in total. The smallest absolute Gasteiger partial charge is 0.423 e. The molecular weight excluding hydrogens is 626 g/mol. The Bertz CT molecular complexity index is 1430. The normalized spacial score (nSPS) is 13.1. The Kier molecular flexibility index (Phi) is 14.7. The molecule has 258 valence electrons. The monoisotopic (exact) mass is 665 g/mol. The Morgan fingerprint density at radius 1 is 0.830 bits per heavy atom. The van der Waals surface area contributed by atoms with Gasteiger partial charge in [-0.05, 0) is 32.9 Å². The van der Waals surface area contributed by atoms with Crippen LogP contribution in [0.4, 0.5) is 16.3 Å². The number of rotatable bonds is 12. The fraction of sp³-hybridized carbons (Fsp3) is 0.500. The highest BCUT2D eigenvalue weighted by molar-refractivity contribution is 6.14. The van der Waals surface area contributed by atoms with Crippen LogP contribution in [0.5, 0.6) is 0 Å². The number of nitrogens with one attached hydrogen (secondary N) is 1. The van der Waals surface area contributed by atoms with Gasteiger partial charge in [-0.2, -0.15) is 4.90 Å². The number of hydrogen-bond acceptors (Lipinski definition) is 15. The lowest BCUT2D eigenvalue weighted by Gasteiger charge is -2.32. The van der Waals surface area contributed by atoms with E-state index in [1.54, 1.807) is 20.8 Å². The number of pyridine rings is 1. The molecule has 3 amide bonds. The van der Waals surface area contributed by atoms with Crippen LogP contribution < -0.4 is 10.2 Å². The van der Waals surface area contributed by atoms with Crippen molar-refractivity contribution >= 4 is 65.3 Å². The van der Waals surface area contributed by atoms with E-state index in [1.807, 2.05) is 0 Å². The Balaban J connectivity index is 4.17. The van der Waals surface area contributed by atoms with Crippen molar-refractivity contribution in [1.29, 1.82) is 0 Å². The van der Waals surface area contributed by atoms with Gasteiger partial charge < -0.3 is 33.7 Å². The lowest BCUT2D eigenvalue weighted by molar-refractivity contribution is -0.189. The van der Waals surface area contributed by atoms with Gasteiger partial charge >= 0.3 is 35.9 Å². The van der Waals surface area contributed by atoms with Gasteiger partial charge in [0.1, 0.15) is 12.2 Å². The zero-order valence-electron chi connectivity index (χ0n) is 27.8. The van der Waals surface area contributed by atoms with Crippen LogP contribution >= 0.6 is 0 Å². The summed E-state index contributed by atoms with van der Waals surface area (Å²) in [6.45, 7) is 11.2. The minimum Gasteiger partial charge on any atom is -0.462 e. The third-order valence-electron chi connectivity index (χ3n) is 5.23. The maximum absolute atomic E-state index is 13.1. The van der Waals surface area contributed by atoms with E-state index in [0.29, 0.717) is 4.90 Å². The highest BCUT2D eigenvalue weighted by atomic mass is 16.6. The summed E-state index contributed by atoms with van der Waals surface area (Å²) in [5.74, 6) is -7.08. The first kappa shape index (κ1) is 39.7. The lowest BCUT2D eigenvalue weighted by Crippen LogP contribution is -2.48. The van der Waals surface area contributed by atoms with Crippen molar-refractivity contribution in [1.82, 2.24) is 4.98 Å². The van der Waals surface area contributed by atoms with Gasteiger partial charge in [-0.15, -0.1) is 0 Å². The van der Waals surface area contributed by atoms with Gasteiger partial charge in [0, 0.05) is 60.2 Å². The van der Waals surface area contributed by atoms with Crippen molar-refractivity contribution in [3.63, 3.8) is 0 Å². The third kappa shape index (κ3) is 13.7. The molecule has 0 aliphatic carbocycles. The number of imide groups is 1. The van der Waals surface area contributed by atoms with Gasteiger partial charge in [-0.25, -0.2) is 9.78 Å². The number of aromatic nitrogens is 1. The highest BCUT2D eigenvalue weighted by Gasteiger charge is 2.42. The molecule has 0 radical (unpaired) electrons.